The minimum atomic E-state index is -3.21. The Balaban J connectivity index is 1.64. The second-order valence-electron chi connectivity index (χ2n) is 6.03. The summed E-state index contributed by atoms with van der Waals surface area (Å²) in [4.78, 5) is 15.0. The van der Waals surface area contributed by atoms with Crippen molar-refractivity contribution in [3.63, 3.8) is 0 Å². The lowest BCUT2D eigenvalue weighted by molar-refractivity contribution is 0.0939. The maximum absolute atomic E-state index is 13.6. The molecule has 26 heavy (non-hydrogen) atoms. The summed E-state index contributed by atoms with van der Waals surface area (Å²) in [6.07, 6.45) is 2.39. The summed E-state index contributed by atoms with van der Waals surface area (Å²) >= 11 is 3.01. The highest BCUT2D eigenvalue weighted by Crippen LogP contribution is 2.36. The number of benzene rings is 1. The minimum absolute atomic E-state index is 0.190. The van der Waals surface area contributed by atoms with E-state index in [0.717, 1.165) is 33.8 Å². The van der Waals surface area contributed by atoms with Gasteiger partial charge in [0.05, 0.1) is 17.2 Å². The lowest BCUT2D eigenvalue weighted by Gasteiger charge is -2.25. The number of fused-ring (bicyclic) bond motifs is 1. The molecule has 0 radical (unpaired) electrons. The quantitative estimate of drug-likeness (QED) is 0.762. The molecule has 1 amide bonds. The number of halogens is 1. The molecule has 1 aliphatic heterocycles. The van der Waals surface area contributed by atoms with Crippen LogP contribution >= 0.6 is 23.1 Å². The predicted octanol–water partition coefficient (Wildman–Crippen LogP) is 2.95. The van der Waals surface area contributed by atoms with Gasteiger partial charge >= 0.3 is 0 Å². The number of thioether (sulfide) groups is 1. The summed E-state index contributed by atoms with van der Waals surface area (Å²) in [7, 11) is -3.21. The first-order chi connectivity index (χ1) is 12.3. The molecule has 1 aromatic carbocycles. The molecule has 2 heterocycles. The minimum Gasteiger partial charge on any atom is -0.344 e. The van der Waals surface area contributed by atoms with Crippen molar-refractivity contribution in [1.82, 2.24) is 10.0 Å². The van der Waals surface area contributed by atoms with Gasteiger partial charge in [0.25, 0.3) is 5.91 Å². The molecule has 0 aliphatic carbocycles. The first-order valence-corrected chi connectivity index (χ1v) is 11.8. The van der Waals surface area contributed by atoms with E-state index in [1.807, 2.05) is 6.07 Å². The van der Waals surface area contributed by atoms with Crippen LogP contribution in [0.15, 0.2) is 35.2 Å². The third-order valence-electron chi connectivity index (χ3n) is 3.94. The number of rotatable bonds is 6. The maximum Gasteiger partial charge on any atom is 0.261 e. The largest absolute Gasteiger partial charge is 0.344 e. The Labute approximate surface area is 160 Å². The van der Waals surface area contributed by atoms with Gasteiger partial charge in [0.2, 0.25) is 10.0 Å². The molecule has 1 atom stereocenters. The van der Waals surface area contributed by atoms with Crippen LogP contribution in [0.5, 0.6) is 0 Å². The van der Waals surface area contributed by atoms with Gasteiger partial charge in [0.1, 0.15) is 5.82 Å². The van der Waals surface area contributed by atoms with Gasteiger partial charge in [-0.1, -0.05) is 0 Å². The van der Waals surface area contributed by atoms with Crippen LogP contribution in [0.1, 0.15) is 32.6 Å². The Morgan fingerprint density at radius 1 is 1.31 bits per heavy atom. The summed E-state index contributed by atoms with van der Waals surface area (Å²) in [5.41, 5.74) is 0.823. The van der Waals surface area contributed by atoms with Crippen molar-refractivity contribution in [2.75, 3.05) is 18.6 Å². The van der Waals surface area contributed by atoms with Gasteiger partial charge in [-0.3, -0.25) is 4.79 Å². The van der Waals surface area contributed by atoms with Crippen LogP contribution in [0.4, 0.5) is 4.39 Å². The van der Waals surface area contributed by atoms with Crippen LogP contribution in [-0.4, -0.2) is 32.9 Å². The van der Waals surface area contributed by atoms with Crippen molar-refractivity contribution in [2.24, 2.45) is 0 Å². The SMILES string of the molecule is CS(=O)(=O)NCCc1ccc(C(=O)NC2CCSc3ccc(F)cc32)s1. The molecule has 0 spiro atoms. The average molecular weight is 415 g/mol. The second kappa shape index (κ2) is 8.08. The van der Waals surface area contributed by atoms with Crippen LogP contribution in [0.25, 0.3) is 0 Å². The number of carbonyl (C=O) groups is 1. The van der Waals surface area contributed by atoms with E-state index in [0.29, 0.717) is 17.8 Å². The van der Waals surface area contributed by atoms with Gasteiger partial charge < -0.3 is 5.32 Å². The van der Waals surface area contributed by atoms with E-state index in [-0.39, 0.29) is 17.8 Å². The van der Waals surface area contributed by atoms with E-state index < -0.39 is 10.0 Å². The molecule has 2 N–H and O–H groups in total. The topological polar surface area (TPSA) is 75.3 Å². The smallest absolute Gasteiger partial charge is 0.261 e. The van der Waals surface area contributed by atoms with E-state index in [1.165, 1.54) is 23.5 Å². The van der Waals surface area contributed by atoms with Gasteiger partial charge in [0, 0.05) is 22.1 Å². The number of sulfonamides is 1. The average Bonchev–Trinajstić information content (AvgIpc) is 3.03. The van der Waals surface area contributed by atoms with E-state index >= 15 is 0 Å². The lowest BCUT2D eigenvalue weighted by atomic mass is 10.0. The third kappa shape index (κ3) is 5.06. The maximum atomic E-state index is 13.6. The normalized spacial score (nSPS) is 16.9. The van der Waals surface area contributed by atoms with Gasteiger partial charge in [-0.05, 0) is 48.7 Å². The zero-order chi connectivity index (χ0) is 18.7. The third-order valence-corrected chi connectivity index (χ3v) is 6.93. The first kappa shape index (κ1) is 19.3. The van der Waals surface area contributed by atoms with Crippen molar-refractivity contribution in [3.8, 4) is 0 Å². The molecule has 9 heteroatoms. The van der Waals surface area contributed by atoms with E-state index in [1.54, 1.807) is 23.9 Å². The van der Waals surface area contributed by atoms with E-state index in [2.05, 4.69) is 10.0 Å². The van der Waals surface area contributed by atoms with Crippen LogP contribution in [-0.2, 0) is 16.4 Å². The molecule has 5 nitrogen and oxygen atoms in total. The number of hydrogen-bond acceptors (Lipinski definition) is 5. The highest BCUT2D eigenvalue weighted by Gasteiger charge is 2.24. The first-order valence-electron chi connectivity index (χ1n) is 8.08. The molecule has 1 aromatic heterocycles. The zero-order valence-electron chi connectivity index (χ0n) is 14.1. The van der Waals surface area contributed by atoms with Crippen molar-refractivity contribution in [3.05, 3.63) is 51.5 Å². The Bertz CT molecular complexity index is 912. The number of thiophene rings is 1. The summed E-state index contributed by atoms with van der Waals surface area (Å²) in [5.74, 6) is 0.378. The van der Waals surface area contributed by atoms with Crippen LogP contribution in [0.3, 0.4) is 0 Å². The fraction of sp³-hybridized carbons (Fsp3) is 0.353. The lowest BCUT2D eigenvalue weighted by Crippen LogP contribution is -2.30. The summed E-state index contributed by atoms with van der Waals surface area (Å²) in [6.45, 7) is 0.299. The molecule has 3 rings (SSSR count). The van der Waals surface area contributed by atoms with E-state index in [4.69, 9.17) is 0 Å². The Hall–Kier alpha value is -1.42. The van der Waals surface area contributed by atoms with Crippen molar-refractivity contribution in [1.29, 1.82) is 0 Å². The Morgan fingerprint density at radius 3 is 2.88 bits per heavy atom. The molecule has 0 saturated carbocycles. The van der Waals surface area contributed by atoms with Crippen LogP contribution in [0, 0.1) is 5.82 Å². The fourth-order valence-electron chi connectivity index (χ4n) is 2.74. The molecular weight excluding hydrogens is 395 g/mol. The predicted molar refractivity (Wildman–Crippen MR) is 103 cm³/mol. The van der Waals surface area contributed by atoms with Crippen LogP contribution < -0.4 is 10.0 Å². The van der Waals surface area contributed by atoms with Gasteiger partial charge in [-0.25, -0.2) is 17.5 Å². The van der Waals surface area contributed by atoms with Crippen molar-refractivity contribution < 1.29 is 17.6 Å². The fourth-order valence-corrected chi connectivity index (χ4v) is 5.23. The molecule has 140 valence electrons. The Kier molecular flexibility index (Phi) is 6.01. The summed E-state index contributed by atoms with van der Waals surface area (Å²) in [5, 5.41) is 2.99. The number of carbonyl (C=O) groups excluding carboxylic acids is 1. The molecule has 2 aromatic rings. The van der Waals surface area contributed by atoms with E-state index in [9.17, 15) is 17.6 Å². The van der Waals surface area contributed by atoms with Gasteiger partial charge in [-0.2, -0.15) is 0 Å². The molecule has 1 aliphatic rings. The molecule has 0 saturated heterocycles. The molecule has 0 bridgehead atoms. The highest BCUT2D eigenvalue weighted by molar-refractivity contribution is 7.99. The highest BCUT2D eigenvalue weighted by atomic mass is 32.2. The molecule has 1 unspecified atom stereocenters. The zero-order valence-corrected chi connectivity index (χ0v) is 16.6. The van der Waals surface area contributed by atoms with Gasteiger partial charge in [-0.15, -0.1) is 23.1 Å². The Morgan fingerprint density at radius 2 is 2.12 bits per heavy atom. The second-order valence-corrected chi connectivity index (χ2v) is 10.2. The van der Waals surface area contributed by atoms with Crippen molar-refractivity contribution in [2.45, 2.75) is 23.8 Å². The molecular formula is C17H19FN2O3S3. The summed E-state index contributed by atoms with van der Waals surface area (Å²) < 4.78 is 38.2. The number of nitrogens with one attached hydrogen (secondary N) is 2. The van der Waals surface area contributed by atoms with Crippen LogP contribution in [0.2, 0.25) is 0 Å². The number of hydrogen-bond donors (Lipinski definition) is 2. The molecule has 0 fully saturated rings. The monoisotopic (exact) mass is 414 g/mol. The summed E-state index contributed by atoms with van der Waals surface area (Å²) in [6, 6.07) is 8.04. The van der Waals surface area contributed by atoms with Crippen molar-refractivity contribution >= 4 is 39.0 Å². The van der Waals surface area contributed by atoms with Gasteiger partial charge in [0.15, 0.2) is 0 Å². The number of amides is 1. The standard InChI is InChI=1S/C17H19FN2O3S3/c1-26(22,23)19-8-6-12-3-5-16(25-12)17(21)20-14-7-9-24-15-4-2-11(18)10-13(14)15/h2-5,10,14,19H,6-9H2,1H3,(H,20,21).